The van der Waals surface area contributed by atoms with Crippen molar-refractivity contribution < 1.29 is 4.79 Å². The lowest BCUT2D eigenvalue weighted by Crippen LogP contribution is -2.14. The van der Waals surface area contributed by atoms with E-state index in [-0.39, 0.29) is 5.91 Å². The van der Waals surface area contributed by atoms with Crippen LogP contribution in [0.1, 0.15) is 36.3 Å². The number of nitrogens with zero attached hydrogens (tertiary/aromatic N) is 2. The predicted octanol–water partition coefficient (Wildman–Crippen LogP) is 3.32. The van der Waals surface area contributed by atoms with Gasteiger partial charge in [0.05, 0.1) is 0 Å². The highest BCUT2D eigenvalue weighted by Gasteiger charge is 2.08. The lowest BCUT2D eigenvalue weighted by atomic mass is 10.0. The summed E-state index contributed by atoms with van der Waals surface area (Å²) < 4.78 is 0. The highest BCUT2D eigenvalue weighted by Crippen LogP contribution is 2.09. The summed E-state index contributed by atoms with van der Waals surface area (Å²) in [4.78, 5) is 20.2. The Kier molecular flexibility index (Phi) is 4.82. The van der Waals surface area contributed by atoms with Gasteiger partial charge in [-0.2, -0.15) is 0 Å². The molecule has 0 spiro atoms. The molecule has 2 aromatic heterocycles. The van der Waals surface area contributed by atoms with Gasteiger partial charge in [-0.25, -0.2) is 4.98 Å². The van der Waals surface area contributed by atoms with Crippen LogP contribution in [0.3, 0.4) is 0 Å². The number of nitrogens with one attached hydrogen (secondary N) is 1. The van der Waals surface area contributed by atoms with Crippen LogP contribution in [0.25, 0.3) is 0 Å². The number of hydrogen-bond acceptors (Lipinski definition) is 3. The van der Waals surface area contributed by atoms with Gasteiger partial charge in [-0.15, -0.1) is 0 Å². The van der Waals surface area contributed by atoms with Gasteiger partial charge in [0.15, 0.2) is 0 Å². The van der Waals surface area contributed by atoms with Crippen LogP contribution in [-0.2, 0) is 6.42 Å². The predicted molar refractivity (Wildman–Crippen MR) is 79.6 cm³/mol. The summed E-state index contributed by atoms with van der Waals surface area (Å²) in [6.07, 6.45) is 5.53. The zero-order valence-electron chi connectivity index (χ0n) is 11.8. The molecule has 0 saturated heterocycles. The molecule has 0 radical (unpaired) electrons. The van der Waals surface area contributed by atoms with Crippen molar-refractivity contribution in [1.29, 1.82) is 0 Å². The standard InChI is InChI=1S/C16H19N3O/c1-12(2)6-7-13-8-9-14(18-11-13)16(20)19-15-5-3-4-10-17-15/h3-5,8-12H,6-7H2,1-2H3,(H,17,19,20). The number of rotatable bonds is 5. The monoisotopic (exact) mass is 269 g/mol. The molecule has 0 aliphatic heterocycles. The van der Waals surface area contributed by atoms with Crippen LogP contribution in [0.15, 0.2) is 42.7 Å². The molecule has 0 fully saturated rings. The van der Waals surface area contributed by atoms with E-state index in [9.17, 15) is 4.79 Å². The molecule has 0 aliphatic rings. The number of carbonyl (C=O) groups excluding carboxylic acids is 1. The first-order valence-electron chi connectivity index (χ1n) is 6.82. The van der Waals surface area contributed by atoms with Gasteiger partial charge in [-0.05, 0) is 42.5 Å². The Labute approximate surface area is 119 Å². The third-order valence-electron chi connectivity index (χ3n) is 2.97. The number of pyridine rings is 2. The van der Waals surface area contributed by atoms with Crippen molar-refractivity contribution in [2.45, 2.75) is 26.7 Å². The molecule has 1 N–H and O–H groups in total. The number of aryl methyl sites for hydroxylation is 1. The van der Waals surface area contributed by atoms with Crippen molar-refractivity contribution >= 4 is 11.7 Å². The molecule has 4 nitrogen and oxygen atoms in total. The fourth-order valence-corrected chi connectivity index (χ4v) is 1.78. The fourth-order valence-electron chi connectivity index (χ4n) is 1.78. The molecule has 2 rings (SSSR count). The summed E-state index contributed by atoms with van der Waals surface area (Å²) in [6, 6.07) is 9.09. The van der Waals surface area contributed by atoms with E-state index in [2.05, 4.69) is 29.1 Å². The molecule has 0 aromatic carbocycles. The van der Waals surface area contributed by atoms with Gasteiger partial charge in [0, 0.05) is 12.4 Å². The average Bonchev–Trinajstić information content (AvgIpc) is 2.46. The lowest BCUT2D eigenvalue weighted by Gasteiger charge is -2.06. The van der Waals surface area contributed by atoms with E-state index >= 15 is 0 Å². The quantitative estimate of drug-likeness (QED) is 0.906. The van der Waals surface area contributed by atoms with Gasteiger partial charge >= 0.3 is 0 Å². The van der Waals surface area contributed by atoms with Crippen LogP contribution in [0.5, 0.6) is 0 Å². The smallest absolute Gasteiger partial charge is 0.275 e. The largest absolute Gasteiger partial charge is 0.305 e. The topological polar surface area (TPSA) is 54.9 Å². The third-order valence-corrected chi connectivity index (χ3v) is 2.97. The van der Waals surface area contributed by atoms with Crippen molar-refractivity contribution in [3.05, 3.63) is 54.0 Å². The first kappa shape index (κ1) is 14.2. The van der Waals surface area contributed by atoms with Crippen LogP contribution in [0.2, 0.25) is 0 Å². The van der Waals surface area contributed by atoms with Crippen LogP contribution >= 0.6 is 0 Å². The molecule has 0 unspecified atom stereocenters. The van der Waals surface area contributed by atoms with Gasteiger partial charge < -0.3 is 5.32 Å². The normalized spacial score (nSPS) is 10.6. The summed E-state index contributed by atoms with van der Waals surface area (Å²) >= 11 is 0. The van der Waals surface area contributed by atoms with Crippen LogP contribution in [0, 0.1) is 5.92 Å². The molecule has 104 valence electrons. The highest BCUT2D eigenvalue weighted by molar-refractivity contribution is 6.02. The van der Waals surface area contributed by atoms with Crippen molar-refractivity contribution in [2.75, 3.05) is 5.32 Å². The van der Waals surface area contributed by atoms with E-state index in [1.165, 1.54) is 0 Å². The summed E-state index contributed by atoms with van der Waals surface area (Å²) in [5.41, 5.74) is 1.57. The van der Waals surface area contributed by atoms with Crippen molar-refractivity contribution in [3.8, 4) is 0 Å². The minimum atomic E-state index is -0.237. The second-order valence-electron chi connectivity index (χ2n) is 5.15. The number of carbonyl (C=O) groups is 1. The van der Waals surface area contributed by atoms with Gasteiger partial charge in [0.2, 0.25) is 0 Å². The van der Waals surface area contributed by atoms with Crippen LogP contribution < -0.4 is 5.32 Å². The number of hydrogen-bond donors (Lipinski definition) is 1. The lowest BCUT2D eigenvalue weighted by molar-refractivity contribution is 0.102. The summed E-state index contributed by atoms with van der Waals surface area (Å²) in [6.45, 7) is 4.39. The first-order valence-corrected chi connectivity index (χ1v) is 6.82. The maximum Gasteiger partial charge on any atom is 0.275 e. The van der Waals surface area contributed by atoms with Crippen molar-refractivity contribution in [3.63, 3.8) is 0 Å². The zero-order valence-corrected chi connectivity index (χ0v) is 11.8. The van der Waals surface area contributed by atoms with E-state index in [0.29, 0.717) is 17.4 Å². The second kappa shape index (κ2) is 6.80. The Morgan fingerprint density at radius 2 is 2.05 bits per heavy atom. The van der Waals surface area contributed by atoms with Crippen molar-refractivity contribution in [2.24, 2.45) is 5.92 Å². The van der Waals surface area contributed by atoms with Gasteiger partial charge in [0.25, 0.3) is 5.91 Å². The summed E-state index contributed by atoms with van der Waals surface area (Å²) in [7, 11) is 0. The Morgan fingerprint density at radius 1 is 1.20 bits per heavy atom. The maximum absolute atomic E-state index is 12.0. The van der Waals surface area contributed by atoms with Crippen LogP contribution in [0.4, 0.5) is 5.82 Å². The molecule has 1 amide bonds. The Morgan fingerprint density at radius 3 is 2.65 bits per heavy atom. The molecule has 2 aromatic rings. The van der Waals surface area contributed by atoms with Crippen molar-refractivity contribution in [1.82, 2.24) is 9.97 Å². The zero-order chi connectivity index (χ0) is 14.4. The maximum atomic E-state index is 12.0. The Hall–Kier alpha value is -2.23. The molecule has 20 heavy (non-hydrogen) atoms. The van der Waals surface area contributed by atoms with E-state index in [4.69, 9.17) is 0 Å². The number of amides is 1. The third kappa shape index (κ3) is 4.16. The van der Waals surface area contributed by atoms with E-state index in [1.807, 2.05) is 12.1 Å². The SMILES string of the molecule is CC(C)CCc1ccc(C(=O)Nc2ccccn2)nc1. The molecule has 4 heteroatoms. The number of aromatic nitrogens is 2. The van der Waals surface area contributed by atoms with E-state index in [0.717, 1.165) is 18.4 Å². The fraction of sp³-hybridized carbons (Fsp3) is 0.312. The summed E-state index contributed by atoms with van der Waals surface area (Å²) in [5, 5.41) is 2.72. The van der Waals surface area contributed by atoms with Crippen LogP contribution in [-0.4, -0.2) is 15.9 Å². The second-order valence-corrected chi connectivity index (χ2v) is 5.15. The minimum Gasteiger partial charge on any atom is -0.305 e. The van der Waals surface area contributed by atoms with Gasteiger partial charge in [0.1, 0.15) is 11.5 Å². The molecule has 0 atom stereocenters. The molecule has 0 aliphatic carbocycles. The van der Waals surface area contributed by atoms with Gasteiger partial charge in [-0.1, -0.05) is 26.0 Å². The molecule has 0 bridgehead atoms. The molecular formula is C16H19N3O. The molecule has 0 saturated carbocycles. The minimum absolute atomic E-state index is 0.237. The van der Waals surface area contributed by atoms with Gasteiger partial charge in [-0.3, -0.25) is 9.78 Å². The molecular weight excluding hydrogens is 250 g/mol. The highest BCUT2D eigenvalue weighted by atomic mass is 16.1. The molecule has 2 heterocycles. The van der Waals surface area contributed by atoms with E-state index < -0.39 is 0 Å². The first-order chi connectivity index (χ1) is 9.65. The number of anilines is 1. The Bertz CT molecular complexity index is 550. The summed E-state index contributed by atoms with van der Waals surface area (Å²) in [5.74, 6) is 0.962. The average molecular weight is 269 g/mol. The van der Waals surface area contributed by atoms with E-state index in [1.54, 1.807) is 30.6 Å². The Balaban J connectivity index is 1.97.